The van der Waals surface area contributed by atoms with Gasteiger partial charge in [0.05, 0.1) is 6.04 Å². The van der Waals surface area contributed by atoms with Crippen LogP contribution in [0.2, 0.25) is 0 Å². The number of guanidine groups is 1. The minimum absolute atomic E-state index is 0.188. The van der Waals surface area contributed by atoms with Crippen LogP contribution in [-0.4, -0.2) is 29.4 Å². The molecule has 0 bridgehead atoms. The van der Waals surface area contributed by atoms with Gasteiger partial charge in [0.2, 0.25) is 0 Å². The monoisotopic (exact) mass is 272 g/mol. The second kappa shape index (κ2) is 5.65. The van der Waals surface area contributed by atoms with Gasteiger partial charge in [0.25, 0.3) is 0 Å². The van der Waals surface area contributed by atoms with Gasteiger partial charge >= 0.3 is 11.9 Å². The zero-order valence-corrected chi connectivity index (χ0v) is 12.0. The molecule has 1 aromatic carbocycles. The Kier molecular flexibility index (Phi) is 3.72. The number of nitrogens with zero attached hydrogens (tertiary/aromatic N) is 1. The minimum Gasteiger partial charge on any atom is -0.266 e. The molecule has 0 radical (unpaired) electrons. The first kappa shape index (κ1) is 13.2. The molecule has 106 valence electrons. The first-order chi connectivity index (χ1) is 9.79. The van der Waals surface area contributed by atoms with Crippen LogP contribution in [0.4, 0.5) is 5.69 Å². The van der Waals surface area contributed by atoms with Crippen LogP contribution >= 0.6 is 0 Å². The van der Waals surface area contributed by atoms with E-state index in [1.807, 2.05) is 11.0 Å². The van der Waals surface area contributed by atoms with Gasteiger partial charge in [-0.15, -0.1) is 0 Å². The van der Waals surface area contributed by atoms with Crippen LogP contribution < -0.4 is 10.3 Å². The third-order valence-corrected chi connectivity index (χ3v) is 4.26. The number of hydrogen-bond acceptors (Lipinski definition) is 2. The maximum Gasteiger partial charge on any atom is 0.358 e. The van der Waals surface area contributed by atoms with Gasteiger partial charge in [0.15, 0.2) is 6.54 Å². The average molecular weight is 272 g/mol. The molecule has 0 unspecified atom stereocenters. The molecule has 1 aliphatic heterocycles. The van der Waals surface area contributed by atoms with Gasteiger partial charge in [-0.1, -0.05) is 25.1 Å². The molecule has 2 N–H and O–H groups in total. The summed E-state index contributed by atoms with van der Waals surface area (Å²) in [5, 5.41) is 3.43. The fraction of sp³-hybridized carbons (Fsp3) is 0.500. The highest BCUT2D eigenvalue weighted by Gasteiger charge is 2.40. The van der Waals surface area contributed by atoms with Crippen molar-refractivity contribution in [2.45, 2.75) is 45.1 Å². The number of nitrogens with one attached hydrogen (secondary N) is 2. The Balaban J connectivity index is 1.80. The number of para-hydroxylation sites is 1. The Hall–Kier alpha value is -1.84. The molecule has 2 aliphatic rings. The van der Waals surface area contributed by atoms with Crippen molar-refractivity contribution in [2.24, 2.45) is 0 Å². The van der Waals surface area contributed by atoms with Crippen molar-refractivity contribution in [1.82, 2.24) is 4.90 Å². The lowest BCUT2D eigenvalue weighted by Gasteiger charge is -2.19. The first-order valence-corrected chi connectivity index (χ1v) is 7.57. The lowest BCUT2D eigenvalue weighted by Crippen LogP contribution is -2.73. The molecule has 1 heterocycles. The Bertz CT molecular complexity index is 532. The summed E-state index contributed by atoms with van der Waals surface area (Å²) in [6.45, 7) is 2.56. The highest BCUT2D eigenvalue weighted by molar-refractivity contribution is 6.04. The molecule has 3 rings (SSSR count). The smallest absolute Gasteiger partial charge is 0.266 e. The summed E-state index contributed by atoms with van der Waals surface area (Å²) in [5.41, 5.74) is 2.36. The van der Waals surface area contributed by atoms with E-state index in [0.717, 1.165) is 30.9 Å². The highest BCUT2D eigenvalue weighted by Crippen LogP contribution is 2.24. The largest absolute Gasteiger partial charge is 0.358 e. The SMILES string of the molecule is CCc1ccccc1NC1=[NH+]CC(=O)N1C1CCCC1. The third-order valence-electron chi connectivity index (χ3n) is 4.26. The Morgan fingerprint density at radius 2 is 2.05 bits per heavy atom. The van der Waals surface area contributed by atoms with Crippen molar-refractivity contribution in [3.05, 3.63) is 29.8 Å². The Morgan fingerprint density at radius 1 is 1.30 bits per heavy atom. The normalized spacial score (nSPS) is 19.6. The van der Waals surface area contributed by atoms with E-state index in [1.165, 1.54) is 18.4 Å². The molecule has 1 saturated carbocycles. The summed E-state index contributed by atoms with van der Waals surface area (Å²) in [4.78, 5) is 17.3. The lowest BCUT2D eigenvalue weighted by molar-refractivity contribution is -0.438. The maximum atomic E-state index is 12.1. The zero-order chi connectivity index (χ0) is 13.9. The van der Waals surface area contributed by atoms with E-state index >= 15 is 0 Å². The predicted octanol–water partition coefficient (Wildman–Crippen LogP) is 0.882. The quantitative estimate of drug-likeness (QED) is 0.858. The molecule has 20 heavy (non-hydrogen) atoms. The molecule has 1 amide bonds. The summed E-state index contributed by atoms with van der Waals surface area (Å²) < 4.78 is 0. The molecular formula is C16H22N3O+. The highest BCUT2D eigenvalue weighted by atomic mass is 16.2. The summed E-state index contributed by atoms with van der Waals surface area (Å²) in [7, 11) is 0. The minimum atomic E-state index is 0.188. The van der Waals surface area contributed by atoms with Gasteiger partial charge in [0.1, 0.15) is 5.69 Å². The number of anilines is 1. The lowest BCUT2D eigenvalue weighted by atomic mass is 10.1. The summed E-state index contributed by atoms with van der Waals surface area (Å²) in [6, 6.07) is 8.65. The molecule has 0 spiro atoms. The second-order valence-corrected chi connectivity index (χ2v) is 5.54. The van der Waals surface area contributed by atoms with Gasteiger partial charge < -0.3 is 0 Å². The van der Waals surface area contributed by atoms with E-state index in [4.69, 9.17) is 0 Å². The zero-order valence-electron chi connectivity index (χ0n) is 12.0. The van der Waals surface area contributed by atoms with Crippen molar-refractivity contribution in [3.8, 4) is 0 Å². The maximum absolute atomic E-state index is 12.1. The fourth-order valence-corrected chi connectivity index (χ4v) is 3.19. The summed E-state index contributed by atoms with van der Waals surface area (Å²) >= 11 is 0. The second-order valence-electron chi connectivity index (χ2n) is 5.54. The molecule has 1 aliphatic carbocycles. The van der Waals surface area contributed by atoms with Crippen molar-refractivity contribution in [3.63, 3.8) is 0 Å². The van der Waals surface area contributed by atoms with Gasteiger partial charge in [0, 0.05) is 0 Å². The molecule has 0 saturated heterocycles. The van der Waals surface area contributed by atoms with E-state index in [1.54, 1.807) is 0 Å². The molecule has 1 fully saturated rings. The fourth-order valence-electron chi connectivity index (χ4n) is 3.19. The number of amides is 1. The van der Waals surface area contributed by atoms with Gasteiger partial charge in [-0.2, -0.15) is 4.90 Å². The Labute approximate surface area is 119 Å². The number of carbonyl (C=O) groups excluding carboxylic acids is 1. The van der Waals surface area contributed by atoms with Crippen LogP contribution in [0.15, 0.2) is 24.3 Å². The Morgan fingerprint density at radius 3 is 2.80 bits per heavy atom. The van der Waals surface area contributed by atoms with Crippen LogP contribution in [0.25, 0.3) is 0 Å². The number of hydrogen-bond donors (Lipinski definition) is 2. The predicted molar refractivity (Wildman–Crippen MR) is 79.4 cm³/mol. The van der Waals surface area contributed by atoms with Crippen molar-refractivity contribution in [2.75, 3.05) is 11.9 Å². The molecule has 4 heteroatoms. The van der Waals surface area contributed by atoms with Crippen LogP contribution in [0.5, 0.6) is 0 Å². The van der Waals surface area contributed by atoms with Crippen molar-refractivity contribution >= 4 is 17.6 Å². The average Bonchev–Trinajstić information content (AvgIpc) is 3.09. The van der Waals surface area contributed by atoms with Crippen molar-refractivity contribution < 1.29 is 9.79 Å². The number of benzene rings is 1. The van der Waals surface area contributed by atoms with E-state index in [9.17, 15) is 4.79 Å². The standard InChI is InChI=1S/C16H21N3O/c1-2-12-7-3-6-10-14(12)18-16-17-11-15(20)19(16)13-8-4-5-9-13/h3,6-7,10,13H,2,4-5,8-9,11H2,1H3,(H,17,18)/p+1. The molecule has 0 aromatic heterocycles. The molecule has 1 aromatic rings. The van der Waals surface area contributed by atoms with E-state index in [0.29, 0.717) is 12.6 Å². The number of carbonyl (C=O) groups is 1. The molecule has 0 atom stereocenters. The number of rotatable bonds is 3. The molecular weight excluding hydrogens is 250 g/mol. The topological polar surface area (TPSA) is 46.3 Å². The van der Waals surface area contributed by atoms with Crippen LogP contribution in [-0.2, 0) is 11.2 Å². The summed E-state index contributed by atoms with van der Waals surface area (Å²) in [6.07, 6.45) is 5.68. The first-order valence-electron chi connectivity index (χ1n) is 7.57. The van der Waals surface area contributed by atoms with E-state index in [-0.39, 0.29) is 5.91 Å². The third kappa shape index (κ3) is 2.42. The van der Waals surface area contributed by atoms with Gasteiger partial charge in [-0.05, 0) is 43.7 Å². The van der Waals surface area contributed by atoms with Crippen LogP contribution in [0, 0.1) is 0 Å². The van der Waals surface area contributed by atoms with Crippen LogP contribution in [0.3, 0.4) is 0 Å². The summed E-state index contributed by atoms with van der Waals surface area (Å²) in [5.74, 6) is 1.05. The van der Waals surface area contributed by atoms with E-state index < -0.39 is 0 Å². The van der Waals surface area contributed by atoms with E-state index in [2.05, 4.69) is 35.4 Å². The molecule has 4 nitrogen and oxygen atoms in total. The van der Waals surface area contributed by atoms with Crippen LogP contribution in [0.1, 0.15) is 38.2 Å². The number of aryl methyl sites for hydroxylation is 1. The van der Waals surface area contributed by atoms with Gasteiger partial charge in [-0.25, -0.2) is 5.32 Å². The van der Waals surface area contributed by atoms with Gasteiger partial charge in [-0.3, -0.25) is 9.79 Å². The van der Waals surface area contributed by atoms with Crippen molar-refractivity contribution in [1.29, 1.82) is 0 Å².